The second-order valence-corrected chi connectivity index (χ2v) is 5.56. The molecule has 1 N–H and O–H groups in total. The standard InChI is InChI=1S/C18H24N2O3/c1-4-6-7-10-19-18(22)15-12-20(3)16-9-8-13(23-5-2)11-14(16)17(15)21/h8-9,11-12H,4-7,10H2,1-3H3,(H,19,22). The number of aromatic nitrogens is 1. The van der Waals surface area contributed by atoms with Crippen molar-refractivity contribution in [2.75, 3.05) is 13.2 Å². The Morgan fingerprint density at radius 2 is 2.04 bits per heavy atom. The third-order valence-corrected chi connectivity index (χ3v) is 3.78. The number of carbonyl (C=O) groups is 1. The highest BCUT2D eigenvalue weighted by atomic mass is 16.5. The first kappa shape index (κ1) is 17.1. The number of pyridine rings is 1. The SMILES string of the molecule is CCCCCNC(=O)c1cn(C)c2ccc(OCC)cc2c1=O. The maximum atomic E-state index is 12.6. The molecule has 0 fully saturated rings. The first-order valence-corrected chi connectivity index (χ1v) is 8.12. The molecule has 1 aromatic heterocycles. The number of carbonyl (C=O) groups excluding carboxylic acids is 1. The first-order chi connectivity index (χ1) is 11.1. The number of nitrogens with zero attached hydrogens (tertiary/aromatic N) is 1. The molecule has 0 bridgehead atoms. The number of ether oxygens (including phenoxy) is 1. The maximum absolute atomic E-state index is 12.6. The fraction of sp³-hybridized carbons (Fsp3) is 0.444. The molecule has 1 aromatic carbocycles. The quantitative estimate of drug-likeness (QED) is 0.799. The van der Waals surface area contributed by atoms with E-state index in [0.717, 1.165) is 24.8 Å². The molecule has 1 heterocycles. The van der Waals surface area contributed by atoms with Crippen molar-refractivity contribution in [3.8, 4) is 5.75 Å². The lowest BCUT2D eigenvalue weighted by Gasteiger charge is -2.11. The highest BCUT2D eigenvalue weighted by molar-refractivity contribution is 5.97. The van der Waals surface area contributed by atoms with Crippen molar-refractivity contribution in [2.45, 2.75) is 33.1 Å². The summed E-state index contributed by atoms with van der Waals surface area (Å²) in [5.41, 5.74) is 0.693. The van der Waals surface area contributed by atoms with Gasteiger partial charge in [-0.2, -0.15) is 0 Å². The van der Waals surface area contributed by atoms with Gasteiger partial charge in [0.25, 0.3) is 5.91 Å². The van der Waals surface area contributed by atoms with Crippen LogP contribution < -0.4 is 15.5 Å². The van der Waals surface area contributed by atoms with E-state index in [1.807, 2.05) is 26.1 Å². The summed E-state index contributed by atoms with van der Waals surface area (Å²) in [7, 11) is 1.83. The van der Waals surface area contributed by atoms with E-state index in [1.165, 1.54) is 0 Å². The molecule has 0 saturated heterocycles. The molecule has 0 saturated carbocycles. The summed E-state index contributed by atoms with van der Waals surface area (Å²) in [6.45, 7) is 5.12. The predicted molar refractivity (Wildman–Crippen MR) is 92.2 cm³/mol. The van der Waals surface area contributed by atoms with E-state index in [9.17, 15) is 9.59 Å². The van der Waals surface area contributed by atoms with E-state index < -0.39 is 0 Å². The molecule has 2 rings (SSSR count). The molecule has 23 heavy (non-hydrogen) atoms. The van der Waals surface area contributed by atoms with Crippen LogP contribution in [0.3, 0.4) is 0 Å². The highest BCUT2D eigenvalue weighted by Gasteiger charge is 2.14. The molecule has 0 unspecified atom stereocenters. The maximum Gasteiger partial charge on any atom is 0.256 e. The fourth-order valence-electron chi connectivity index (χ4n) is 2.56. The van der Waals surface area contributed by atoms with Gasteiger partial charge in [0.2, 0.25) is 5.43 Å². The second kappa shape index (κ2) is 7.81. The molecule has 0 spiro atoms. The van der Waals surface area contributed by atoms with Crippen LogP contribution in [0, 0.1) is 0 Å². The topological polar surface area (TPSA) is 60.3 Å². The van der Waals surface area contributed by atoms with Crippen LogP contribution in [-0.2, 0) is 7.05 Å². The van der Waals surface area contributed by atoms with Crippen LogP contribution in [0.4, 0.5) is 0 Å². The van der Waals surface area contributed by atoms with E-state index in [4.69, 9.17) is 4.74 Å². The molecule has 0 aliphatic rings. The molecule has 124 valence electrons. The number of benzene rings is 1. The van der Waals surface area contributed by atoms with Gasteiger partial charge in [-0.15, -0.1) is 0 Å². The molecule has 0 atom stereocenters. The average molecular weight is 316 g/mol. The third kappa shape index (κ3) is 3.92. The summed E-state index contributed by atoms with van der Waals surface area (Å²) in [5.74, 6) is 0.322. The number of nitrogens with one attached hydrogen (secondary N) is 1. The summed E-state index contributed by atoms with van der Waals surface area (Å²) in [6.07, 6.45) is 4.67. The van der Waals surface area contributed by atoms with Crippen LogP contribution >= 0.6 is 0 Å². The summed E-state index contributed by atoms with van der Waals surface area (Å²) in [6, 6.07) is 5.37. The van der Waals surface area contributed by atoms with Crippen LogP contribution in [0.25, 0.3) is 10.9 Å². The molecular weight excluding hydrogens is 292 g/mol. The van der Waals surface area contributed by atoms with Gasteiger partial charge in [-0.05, 0) is 31.5 Å². The lowest BCUT2D eigenvalue weighted by molar-refractivity contribution is 0.0951. The Balaban J connectivity index is 2.35. The number of fused-ring (bicyclic) bond motifs is 1. The molecule has 2 aromatic rings. The van der Waals surface area contributed by atoms with E-state index in [1.54, 1.807) is 16.8 Å². The molecule has 0 radical (unpaired) electrons. The van der Waals surface area contributed by atoms with Gasteiger partial charge >= 0.3 is 0 Å². The number of rotatable bonds is 7. The van der Waals surface area contributed by atoms with Gasteiger partial charge in [-0.1, -0.05) is 19.8 Å². The van der Waals surface area contributed by atoms with Gasteiger partial charge < -0.3 is 14.6 Å². The van der Waals surface area contributed by atoms with Crippen LogP contribution in [0.2, 0.25) is 0 Å². The molecule has 5 heteroatoms. The zero-order chi connectivity index (χ0) is 16.8. The van der Waals surface area contributed by atoms with Crippen LogP contribution in [-0.4, -0.2) is 23.6 Å². The zero-order valence-electron chi connectivity index (χ0n) is 14.0. The number of hydrogen-bond donors (Lipinski definition) is 1. The lowest BCUT2D eigenvalue weighted by atomic mass is 10.1. The predicted octanol–water partition coefficient (Wildman–Crippen LogP) is 2.86. The summed E-state index contributed by atoms with van der Waals surface area (Å²) in [4.78, 5) is 24.9. The van der Waals surface area contributed by atoms with Gasteiger partial charge in [0, 0.05) is 19.8 Å². The van der Waals surface area contributed by atoms with Crippen molar-refractivity contribution in [1.29, 1.82) is 0 Å². The van der Waals surface area contributed by atoms with Crippen molar-refractivity contribution in [1.82, 2.24) is 9.88 Å². The number of unbranched alkanes of at least 4 members (excludes halogenated alkanes) is 2. The minimum Gasteiger partial charge on any atom is -0.494 e. The Bertz CT molecular complexity index is 750. The molecule has 0 aliphatic carbocycles. The third-order valence-electron chi connectivity index (χ3n) is 3.78. The Hall–Kier alpha value is -2.30. The molecule has 0 aliphatic heterocycles. The Morgan fingerprint density at radius 1 is 1.26 bits per heavy atom. The van der Waals surface area contributed by atoms with Crippen molar-refractivity contribution < 1.29 is 9.53 Å². The summed E-state index contributed by atoms with van der Waals surface area (Å²) < 4.78 is 7.25. The van der Waals surface area contributed by atoms with Gasteiger partial charge in [0.1, 0.15) is 11.3 Å². The van der Waals surface area contributed by atoms with Gasteiger partial charge in [0.05, 0.1) is 17.5 Å². The average Bonchev–Trinajstić information content (AvgIpc) is 2.55. The number of amides is 1. The number of hydrogen-bond acceptors (Lipinski definition) is 3. The molecular formula is C18H24N2O3. The van der Waals surface area contributed by atoms with E-state index >= 15 is 0 Å². The second-order valence-electron chi connectivity index (χ2n) is 5.56. The van der Waals surface area contributed by atoms with Gasteiger partial charge in [0.15, 0.2) is 0 Å². The van der Waals surface area contributed by atoms with E-state index in [-0.39, 0.29) is 16.9 Å². The van der Waals surface area contributed by atoms with Gasteiger partial charge in [-0.25, -0.2) is 0 Å². The van der Waals surface area contributed by atoms with Crippen LogP contribution in [0.15, 0.2) is 29.2 Å². The zero-order valence-corrected chi connectivity index (χ0v) is 14.0. The van der Waals surface area contributed by atoms with Crippen molar-refractivity contribution >= 4 is 16.8 Å². The fourth-order valence-corrected chi connectivity index (χ4v) is 2.56. The number of aryl methyl sites for hydroxylation is 1. The van der Waals surface area contributed by atoms with Crippen LogP contribution in [0.1, 0.15) is 43.5 Å². The first-order valence-electron chi connectivity index (χ1n) is 8.12. The summed E-state index contributed by atoms with van der Waals surface area (Å²) in [5, 5.41) is 3.32. The normalized spacial score (nSPS) is 10.7. The lowest BCUT2D eigenvalue weighted by Crippen LogP contribution is -2.30. The molecule has 5 nitrogen and oxygen atoms in total. The van der Waals surface area contributed by atoms with Gasteiger partial charge in [-0.3, -0.25) is 9.59 Å². The Labute approximate surface area is 136 Å². The highest BCUT2D eigenvalue weighted by Crippen LogP contribution is 2.18. The monoisotopic (exact) mass is 316 g/mol. The van der Waals surface area contributed by atoms with Crippen molar-refractivity contribution in [3.63, 3.8) is 0 Å². The van der Waals surface area contributed by atoms with E-state index in [2.05, 4.69) is 12.2 Å². The molecule has 1 amide bonds. The van der Waals surface area contributed by atoms with Crippen molar-refractivity contribution in [3.05, 3.63) is 40.2 Å². The largest absolute Gasteiger partial charge is 0.494 e. The minimum atomic E-state index is -0.314. The smallest absolute Gasteiger partial charge is 0.256 e. The Kier molecular flexibility index (Phi) is 5.79. The van der Waals surface area contributed by atoms with Crippen LogP contribution in [0.5, 0.6) is 5.75 Å². The summed E-state index contributed by atoms with van der Waals surface area (Å²) >= 11 is 0. The van der Waals surface area contributed by atoms with E-state index in [0.29, 0.717) is 24.3 Å². The Morgan fingerprint density at radius 3 is 2.74 bits per heavy atom. The minimum absolute atomic E-state index is 0.171. The van der Waals surface area contributed by atoms with Crippen molar-refractivity contribution in [2.24, 2.45) is 7.05 Å².